The van der Waals surface area contributed by atoms with Gasteiger partial charge in [-0.2, -0.15) is 0 Å². The first-order valence-corrected chi connectivity index (χ1v) is 8.51. The standard InChI is InChI=1S/C20H21FN2O4/c1-3-27-20(26)15-7-9-18(10-8-15)23(14(2)24)12-11-22-19(25)16-5-4-6-17(21)13-16/h4-10,13H,3,11-12H2,1-2H3,(H,22,25). The van der Waals surface area contributed by atoms with E-state index < -0.39 is 17.7 Å². The van der Waals surface area contributed by atoms with Crippen LogP contribution in [0.15, 0.2) is 48.5 Å². The van der Waals surface area contributed by atoms with Crippen LogP contribution in [0.5, 0.6) is 0 Å². The summed E-state index contributed by atoms with van der Waals surface area (Å²) in [4.78, 5) is 37.1. The van der Waals surface area contributed by atoms with Crippen molar-refractivity contribution in [1.82, 2.24) is 5.32 Å². The largest absolute Gasteiger partial charge is 0.462 e. The number of halogens is 1. The van der Waals surface area contributed by atoms with Gasteiger partial charge in [0.05, 0.1) is 12.2 Å². The molecule has 0 heterocycles. The maximum atomic E-state index is 13.2. The summed E-state index contributed by atoms with van der Waals surface area (Å²) in [5.74, 6) is -1.55. The summed E-state index contributed by atoms with van der Waals surface area (Å²) in [6.07, 6.45) is 0. The van der Waals surface area contributed by atoms with Crippen LogP contribution >= 0.6 is 0 Å². The number of anilines is 1. The molecule has 0 saturated carbocycles. The molecular weight excluding hydrogens is 351 g/mol. The summed E-state index contributed by atoms with van der Waals surface area (Å²) < 4.78 is 18.1. The normalized spacial score (nSPS) is 10.2. The molecule has 6 nitrogen and oxygen atoms in total. The number of carbonyl (C=O) groups is 3. The fraction of sp³-hybridized carbons (Fsp3) is 0.250. The van der Waals surface area contributed by atoms with Gasteiger partial charge in [-0.3, -0.25) is 9.59 Å². The SMILES string of the molecule is CCOC(=O)c1ccc(N(CCNC(=O)c2cccc(F)c2)C(C)=O)cc1. The first-order valence-electron chi connectivity index (χ1n) is 8.51. The second-order valence-electron chi connectivity index (χ2n) is 5.70. The molecule has 1 N–H and O–H groups in total. The molecule has 0 unspecified atom stereocenters. The van der Waals surface area contributed by atoms with E-state index in [1.54, 1.807) is 31.2 Å². The maximum absolute atomic E-state index is 13.2. The molecule has 0 atom stereocenters. The lowest BCUT2D eigenvalue weighted by Crippen LogP contribution is -2.37. The highest BCUT2D eigenvalue weighted by atomic mass is 19.1. The van der Waals surface area contributed by atoms with Crippen molar-refractivity contribution in [1.29, 1.82) is 0 Å². The Labute approximate surface area is 156 Å². The zero-order valence-corrected chi connectivity index (χ0v) is 15.2. The molecule has 2 aromatic carbocycles. The topological polar surface area (TPSA) is 75.7 Å². The van der Waals surface area contributed by atoms with Crippen LogP contribution in [0.1, 0.15) is 34.6 Å². The molecule has 0 fully saturated rings. The van der Waals surface area contributed by atoms with Gasteiger partial charge in [0.15, 0.2) is 0 Å². The molecule has 142 valence electrons. The van der Waals surface area contributed by atoms with Crippen LogP contribution in [-0.4, -0.2) is 37.5 Å². The Kier molecular flexibility index (Phi) is 7.05. The van der Waals surface area contributed by atoms with E-state index >= 15 is 0 Å². The zero-order chi connectivity index (χ0) is 19.8. The van der Waals surface area contributed by atoms with Crippen LogP contribution in [0.4, 0.5) is 10.1 Å². The summed E-state index contributed by atoms with van der Waals surface area (Å²) in [5, 5.41) is 2.65. The van der Waals surface area contributed by atoms with Crippen LogP contribution in [0, 0.1) is 5.82 Å². The van der Waals surface area contributed by atoms with E-state index in [0.717, 1.165) is 6.07 Å². The molecular formula is C20H21FN2O4. The van der Waals surface area contributed by atoms with Gasteiger partial charge < -0.3 is 15.0 Å². The summed E-state index contributed by atoms with van der Waals surface area (Å²) >= 11 is 0. The summed E-state index contributed by atoms with van der Waals surface area (Å²) in [6, 6.07) is 11.8. The average molecular weight is 372 g/mol. The number of nitrogens with zero attached hydrogens (tertiary/aromatic N) is 1. The van der Waals surface area contributed by atoms with E-state index in [2.05, 4.69) is 5.32 Å². The van der Waals surface area contributed by atoms with Gasteiger partial charge in [-0.1, -0.05) is 6.07 Å². The maximum Gasteiger partial charge on any atom is 0.338 e. The van der Waals surface area contributed by atoms with Gasteiger partial charge in [-0.05, 0) is 49.4 Å². The van der Waals surface area contributed by atoms with Crippen LogP contribution in [-0.2, 0) is 9.53 Å². The van der Waals surface area contributed by atoms with Crippen LogP contribution in [0.3, 0.4) is 0 Å². The Hall–Kier alpha value is -3.22. The number of amides is 2. The molecule has 0 spiro atoms. The number of rotatable bonds is 7. The van der Waals surface area contributed by atoms with E-state index in [-0.39, 0.29) is 31.2 Å². The predicted molar refractivity (Wildman–Crippen MR) is 99.2 cm³/mol. The monoisotopic (exact) mass is 372 g/mol. The van der Waals surface area contributed by atoms with Crippen molar-refractivity contribution in [2.45, 2.75) is 13.8 Å². The van der Waals surface area contributed by atoms with Gasteiger partial charge in [0.1, 0.15) is 5.82 Å². The molecule has 0 aromatic heterocycles. The summed E-state index contributed by atoms with van der Waals surface area (Å²) in [7, 11) is 0. The fourth-order valence-corrected chi connectivity index (χ4v) is 2.47. The van der Waals surface area contributed by atoms with Crippen molar-refractivity contribution in [3.8, 4) is 0 Å². The highest BCUT2D eigenvalue weighted by Gasteiger charge is 2.14. The van der Waals surface area contributed by atoms with E-state index in [9.17, 15) is 18.8 Å². The number of hydrogen-bond acceptors (Lipinski definition) is 4. The number of hydrogen-bond donors (Lipinski definition) is 1. The van der Waals surface area contributed by atoms with Gasteiger partial charge >= 0.3 is 5.97 Å². The second kappa shape index (κ2) is 9.47. The van der Waals surface area contributed by atoms with Crippen molar-refractivity contribution in [3.63, 3.8) is 0 Å². The van der Waals surface area contributed by atoms with Crippen molar-refractivity contribution >= 4 is 23.5 Å². The molecule has 0 bridgehead atoms. The Morgan fingerprint density at radius 3 is 2.37 bits per heavy atom. The molecule has 2 rings (SSSR count). The van der Waals surface area contributed by atoms with E-state index in [1.807, 2.05) is 0 Å². The van der Waals surface area contributed by atoms with E-state index in [4.69, 9.17) is 4.74 Å². The molecule has 0 aliphatic carbocycles. The Morgan fingerprint density at radius 1 is 1.07 bits per heavy atom. The molecule has 27 heavy (non-hydrogen) atoms. The average Bonchev–Trinajstić information content (AvgIpc) is 2.65. The van der Waals surface area contributed by atoms with Crippen LogP contribution in [0.2, 0.25) is 0 Å². The summed E-state index contributed by atoms with van der Waals surface area (Å²) in [6.45, 7) is 3.84. The number of ether oxygens (including phenoxy) is 1. The van der Waals surface area contributed by atoms with Crippen molar-refractivity contribution < 1.29 is 23.5 Å². The van der Waals surface area contributed by atoms with Crippen LogP contribution < -0.4 is 10.2 Å². The lowest BCUT2D eigenvalue weighted by atomic mass is 10.2. The van der Waals surface area contributed by atoms with Gasteiger partial charge in [0, 0.05) is 31.3 Å². The van der Waals surface area contributed by atoms with Gasteiger partial charge in [0.25, 0.3) is 5.91 Å². The Bertz CT molecular complexity index is 821. The molecule has 0 radical (unpaired) electrons. The number of nitrogens with one attached hydrogen (secondary N) is 1. The lowest BCUT2D eigenvalue weighted by molar-refractivity contribution is -0.116. The third-order valence-electron chi connectivity index (χ3n) is 3.78. The van der Waals surface area contributed by atoms with Crippen molar-refractivity contribution in [3.05, 3.63) is 65.5 Å². The molecule has 7 heteroatoms. The molecule has 0 aliphatic heterocycles. The van der Waals surface area contributed by atoms with Crippen molar-refractivity contribution in [2.75, 3.05) is 24.6 Å². The number of benzene rings is 2. The van der Waals surface area contributed by atoms with Gasteiger partial charge in [-0.25, -0.2) is 9.18 Å². The minimum absolute atomic E-state index is 0.189. The molecule has 0 saturated heterocycles. The van der Waals surface area contributed by atoms with Crippen LogP contribution in [0.25, 0.3) is 0 Å². The first-order chi connectivity index (χ1) is 12.9. The highest BCUT2D eigenvalue weighted by Crippen LogP contribution is 2.16. The number of esters is 1. The van der Waals surface area contributed by atoms with E-state index in [1.165, 1.54) is 30.0 Å². The van der Waals surface area contributed by atoms with E-state index in [0.29, 0.717) is 11.3 Å². The second-order valence-corrected chi connectivity index (χ2v) is 5.70. The molecule has 0 aliphatic rings. The zero-order valence-electron chi connectivity index (χ0n) is 15.2. The van der Waals surface area contributed by atoms with Gasteiger partial charge in [0.2, 0.25) is 5.91 Å². The minimum Gasteiger partial charge on any atom is -0.462 e. The third kappa shape index (κ3) is 5.64. The third-order valence-corrected chi connectivity index (χ3v) is 3.78. The summed E-state index contributed by atoms with van der Waals surface area (Å²) in [5.41, 5.74) is 1.20. The molecule has 2 amide bonds. The Morgan fingerprint density at radius 2 is 1.78 bits per heavy atom. The fourth-order valence-electron chi connectivity index (χ4n) is 2.47. The van der Waals surface area contributed by atoms with Gasteiger partial charge in [-0.15, -0.1) is 0 Å². The van der Waals surface area contributed by atoms with Crippen molar-refractivity contribution in [2.24, 2.45) is 0 Å². The molecule has 2 aromatic rings. The first kappa shape index (κ1) is 20.1. The minimum atomic E-state index is -0.491. The smallest absolute Gasteiger partial charge is 0.338 e. The Balaban J connectivity index is 1.98. The predicted octanol–water partition coefficient (Wildman–Crippen LogP) is 2.79. The quantitative estimate of drug-likeness (QED) is 0.759. The number of carbonyl (C=O) groups excluding carboxylic acids is 3. The highest BCUT2D eigenvalue weighted by molar-refractivity contribution is 5.95. The lowest BCUT2D eigenvalue weighted by Gasteiger charge is -2.21.